The molecule has 0 bridgehead atoms. The molecule has 2 fully saturated rings. The SMILES string of the molecule is Cc1ccc(CN2CC[C@H]3CN(Cc4cccnc4)CCO[C@H]3C2)o1. The standard InChI is InChI=1S/C20H27N3O2/c1-16-4-5-19(25-16)14-22-8-6-18-13-23(9-10-24-20(18)15-22)12-17-3-2-7-21-11-17/h2-5,7,11,18,20H,6,8-10,12-15H2,1H3/t18-,20-/m0/s1. The fourth-order valence-corrected chi connectivity index (χ4v) is 4.01. The van der Waals surface area contributed by atoms with Crippen LogP contribution in [0.15, 0.2) is 41.1 Å². The Hall–Kier alpha value is -1.69. The van der Waals surface area contributed by atoms with Gasteiger partial charge in [-0.15, -0.1) is 0 Å². The Kier molecular flexibility index (Phi) is 5.15. The van der Waals surface area contributed by atoms with E-state index in [0.29, 0.717) is 12.0 Å². The van der Waals surface area contributed by atoms with Crippen LogP contribution >= 0.6 is 0 Å². The van der Waals surface area contributed by atoms with Crippen molar-refractivity contribution in [1.82, 2.24) is 14.8 Å². The lowest BCUT2D eigenvalue weighted by Crippen LogP contribution is -2.46. The molecule has 2 saturated heterocycles. The number of hydrogen-bond acceptors (Lipinski definition) is 5. The van der Waals surface area contributed by atoms with Gasteiger partial charge in [-0.1, -0.05) is 6.07 Å². The van der Waals surface area contributed by atoms with E-state index < -0.39 is 0 Å². The van der Waals surface area contributed by atoms with Crippen LogP contribution in [0.2, 0.25) is 0 Å². The molecule has 0 aliphatic carbocycles. The second kappa shape index (κ2) is 7.68. The first kappa shape index (κ1) is 16.8. The molecular weight excluding hydrogens is 314 g/mol. The van der Waals surface area contributed by atoms with Gasteiger partial charge < -0.3 is 9.15 Å². The van der Waals surface area contributed by atoms with Crippen LogP contribution in [0.1, 0.15) is 23.5 Å². The van der Waals surface area contributed by atoms with E-state index in [4.69, 9.17) is 9.15 Å². The number of nitrogens with zero attached hydrogens (tertiary/aromatic N) is 3. The highest BCUT2D eigenvalue weighted by atomic mass is 16.5. The molecule has 2 aromatic heterocycles. The maximum Gasteiger partial charge on any atom is 0.118 e. The largest absolute Gasteiger partial charge is 0.465 e. The Labute approximate surface area is 149 Å². The third-order valence-electron chi connectivity index (χ3n) is 5.32. The van der Waals surface area contributed by atoms with Crippen molar-refractivity contribution < 1.29 is 9.15 Å². The van der Waals surface area contributed by atoms with E-state index in [0.717, 1.165) is 57.4 Å². The normalized spacial score (nSPS) is 25.5. The van der Waals surface area contributed by atoms with Gasteiger partial charge in [0.25, 0.3) is 0 Å². The second-order valence-electron chi connectivity index (χ2n) is 7.30. The first-order valence-corrected chi connectivity index (χ1v) is 9.27. The minimum absolute atomic E-state index is 0.337. The summed E-state index contributed by atoms with van der Waals surface area (Å²) >= 11 is 0. The number of ether oxygens (including phenoxy) is 1. The average Bonchev–Trinajstić information content (AvgIpc) is 2.91. The molecule has 0 amide bonds. The molecule has 5 heteroatoms. The first-order valence-electron chi connectivity index (χ1n) is 9.27. The van der Waals surface area contributed by atoms with Crippen LogP contribution in [0, 0.1) is 12.8 Å². The Bertz CT molecular complexity index is 673. The van der Waals surface area contributed by atoms with Gasteiger partial charge in [0, 0.05) is 44.5 Å². The van der Waals surface area contributed by atoms with Gasteiger partial charge in [-0.05, 0) is 43.7 Å². The number of rotatable bonds is 4. The zero-order valence-corrected chi connectivity index (χ0v) is 14.9. The van der Waals surface area contributed by atoms with Crippen molar-refractivity contribution in [3.05, 3.63) is 53.7 Å². The van der Waals surface area contributed by atoms with Gasteiger partial charge in [0.15, 0.2) is 0 Å². The van der Waals surface area contributed by atoms with E-state index >= 15 is 0 Å². The van der Waals surface area contributed by atoms with Crippen LogP contribution in [0.4, 0.5) is 0 Å². The zero-order valence-electron chi connectivity index (χ0n) is 14.9. The van der Waals surface area contributed by atoms with E-state index in [2.05, 4.69) is 26.9 Å². The molecule has 134 valence electrons. The van der Waals surface area contributed by atoms with Crippen LogP contribution in [-0.2, 0) is 17.8 Å². The molecular formula is C20H27N3O2. The summed E-state index contributed by atoms with van der Waals surface area (Å²) in [7, 11) is 0. The molecule has 2 aliphatic heterocycles. The van der Waals surface area contributed by atoms with Gasteiger partial charge in [0.05, 0.1) is 19.3 Å². The summed E-state index contributed by atoms with van der Waals surface area (Å²) in [5.74, 6) is 2.66. The summed E-state index contributed by atoms with van der Waals surface area (Å²) in [6.45, 7) is 8.91. The van der Waals surface area contributed by atoms with Crippen LogP contribution in [0.3, 0.4) is 0 Å². The van der Waals surface area contributed by atoms with Crippen molar-refractivity contribution in [3.8, 4) is 0 Å². The Balaban J connectivity index is 1.34. The highest BCUT2D eigenvalue weighted by Gasteiger charge is 2.33. The monoisotopic (exact) mass is 341 g/mol. The molecule has 5 nitrogen and oxygen atoms in total. The Morgan fingerprint density at radius 1 is 1.12 bits per heavy atom. The van der Waals surface area contributed by atoms with Crippen LogP contribution in [0.5, 0.6) is 0 Å². The second-order valence-corrected chi connectivity index (χ2v) is 7.30. The number of furan rings is 1. The van der Waals surface area contributed by atoms with Crippen molar-refractivity contribution in [2.45, 2.75) is 32.5 Å². The van der Waals surface area contributed by atoms with E-state index in [1.165, 1.54) is 12.0 Å². The molecule has 0 aromatic carbocycles. The van der Waals surface area contributed by atoms with Gasteiger partial charge in [0.2, 0.25) is 0 Å². The fraction of sp³-hybridized carbons (Fsp3) is 0.550. The topological polar surface area (TPSA) is 41.7 Å². The number of aromatic nitrogens is 1. The number of pyridine rings is 1. The maximum absolute atomic E-state index is 6.22. The minimum Gasteiger partial charge on any atom is -0.465 e. The number of fused-ring (bicyclic) bond motifs is 1. The van der Waals surface area contributed by atoms with Crippen molar-refractivity contribution in [2.75, 3.05) is 32.8 Å². The molecule has 0 radical (unpaired) electrons. The summed E-state index contributed by atoms with van der Waals surface area (Å²) < 4.78 is 12.0. The lowest BCUT2D eigenvalue weighted by atomic mass is 9.93. The van der Waals surface area contributed by atoms with Gasteiger partial charge in [0.1, 0.15) is 11.5 Å². The molecule has 25 heavy (non-hydrogen) atoms. The molecule has 2 aliphatic rings. The third-order valence-corrected chi connectivity index (χ3v) is 5.32. The fourth-order valence-electron chi connectivity index (χ4n) is 4.01. The highest BCUT2D eigenvalue weighted by molar-refractivity contribution is 5.08. The zero-order chi connectivity index (χ0) is 17.1. The lowest BCUT2D eigenvalue weighted by Gasteiger charge is -2.37. The minimum atomic E-state index is 0.337. The molecule has 4 heterocycles. The smallest absolute Gasteiger partial charge is 0.118 e. The van der Waals surface area contributed by atoms with E-state index in [9.17, 15) is 0 Å². The predicted octanol–water partition coefficient (Wildman–Crippen LogP) is 2.71. The number of hydrogen-bond donors (Lipinski definition) is 0. The maximum atomic E-state index is 6.22. The van der Waals surface area contributed by atoms with Crippen molar-refractivity contribution in [2.24, 2.45) is 5.92 Å². The third kappa shape index (κ3) is 4.29. The number of piperidine rings is 1. The Morgan fingerprint density at radius 3 is 2.84 bits per heavy atom. The molecule has 0 spiro atoms. The van der Waals surface area contributed by atoms with Crippen molar-refractivity contribution in [3.63, 3.8) is 0 Å². The highest BCUT2D eigenvalue weighted by Crippen LogP contribution is 2.26. The van der Waals surface area contributed by atoms with E-state index in [1.807, 2.05) is 31.5 Å². The summed E-state index contributed by atoms with van der Waals surface area (Å²) in [5.41, 5.74) is 1.28. The quantitative estimate of drug-likeness (QED) is 0.855. The molecule has 2 atom stereocenters. The van der Waals surface area contributed by atoms with Gasteiger partial charge in [-0.2, -0.15) is 0 Å². The van der Waals surface area contributed by atoms with Crippen molar-refractivity contribution in [1.29, 1.82) is 0 Å². The number of likely N-dealkylation sites (tertiary alicyclic amines) is 1. The van der Waals surface area contributed by atoms with Crippen LogP contribution in [0.25, 0.3) is 0 Å². The lowest BCUT2D eigenvalue weighted by molar-refractivity contribution is -0.0256. The van der Waals surface area contributed by atoms with Gasteiger partial charge in [-0.3, -0.25) is 14.8 Å². The Morgan fingerprint density at radius 2 is 2.04 bits per heavy atom. The molecule has 0 N–H and O–H groups in total. The van der Waals surface area contributed by atoms with Gasteiger partial charge in [-0.25, -0.2) is 0 Å². The number of aryl methyl sites for hydroxylation is 1. The summed E-state index contributed by atoms with van der Waals surface area (Å²) in [6, 6.07) is 8.30. The molecule has 2 aromatic rings. The van der Waals surface area contributed by atoms with E-state index in [-0.39, 0.29) is 0 Å². The summed E-state index contributed by atoms with van der Waals surface area (Å²) in [6.07, 6.45) is 5.33. The van der Waals surface area contributed by atoms with Crippen molar-refractivity contribution >= 4 is 0 Å². The van der Waals surface area contributed by atoms with E-state index in [1.54, 1.807) is 0 Å². The molecule has 0 unspecified atom stereocenters. The van der Waals surface area contributed by atoms with Gasteiger partial charge >= 0.3 is 0 Å². The van der Waals surface area contributed by atoms with Crippen LogP contribution in [-0.4, -0.2) is 53.7 Å². The average molecular weight is 341 g/mol. The molecule has 0 saturated carbocycles. The predicted molar refractivity (Wildman–Crippen MR) is 96.1 cm³/mol. The molecule has 4 rings (SSSR count). The summed E-state index contributed by atoms with van der Waals surface area (Å²) in [4.78, 5) is 9.22. The van der Waals surface area contributed by atoms with Crippen LogP contribution < -0.4 is 0 Å². The summed E-state index contributed by atoms with van der Waals surface area (Å²) in [5, 5.41) is 0. The first-order chi connectivity index (χ1) is 12.3.